The Labute approximate surface area is 394 Å². The maximum atomic E-state index is 13.0. The Morgan fingerprint density at radius 3 is 2.19 bits per heavy atom. The first kappa shape index (κ1) is 50.9. The highest BCUT2D eigenvalue weighted by molar-refractivity contribution is 5.73. The van der Waals surface area contributed by atoms with Crippen LogP contribution in [0.5, 0.6) is 0 Å². The number of hydrogen-bond donors (Lipinski definition) is 10. The normalized spacial score (nSPS) is 54.5. The summed E-state index contributed by atoms with van der Waals surface area (Å²) < 4.78 is 54.0. The predicted molar refractivity (Wildman–Crippen MR) is 227 cm³/mol. The summed E-state index contributed by atoms with van der Waals surface area (Å²) in [6, 6.07) is 0. The van der Waals surface area contributed by atoms with Gasteiger partial charge in [-0.15, -0.1) is 0 Å². The number of fused-ring (bicyclic) bond motifs is 7. The Morgan fingerprint density at radius 1 is 0.794 bits per heavy atom. The fourth-order valence-electron chi connectivity index (χ4n) is 14.3. The number of rotatable bonds is 10. The van der Waals surface area contributed by atoms with Crippen LogP contribution in [0, 0.1) is 40.4 Å². The van der Waals surface area contributed by atoms with Gasteiger partial charge >= 0.3 is 11.9 Å². The van der Waals surface area contributed by atoms with E-state index < -0.39 is 140 Å². The molecule has 3 saturated carbocycles. The van der Waals surface area contributed by atoms with Gasteiger partial charge in [-0.25, -0.2) is 4.79 Å². The third-order valence-corrected chi connectivity index (χ3v) is 18.3. The quantitative estimate of drug-likeness (QED) is 0.0924. The summed E-state index contributed by atoms with van der Waals surface area (Å²) in [6.45, 7) is 8.90. The fourth-order valence-corrected chi connectivity index (χ4v) is 14.3. The van der Waals surface area contributed by atoms with Crippen LogP contribution in [-0.2, 0) is 52.2 Å². The van der Waals surface area contributed by atoms with Crippen molar-refractivity contribution in [2.24, 2.45) is 40.4 Å². The summed E-state index contributed by atoms with van der Waals surface area (Å²) in [5.74, 6) is -2.93. The van der Waals surface area contributed by atoms with Gasteiger partial charge in [-0.3, -0.25) is 4.79 Å². The second kappa shape index (κ2) is 18.8. The highest BCUT2D eigenvalue weighted by Gasteiger charge is 2.76. The SMILES string of the molecule is CC(=O)O[C@@H]1[C@@H](O)[C@@H](O)[C@H](O[C@H]2[C@H](O[C@H]3CC[C@@]4(C)C(=CC[C@@H]5[C@@H]4CC[C@@]4(C)[C@H]5C[C@@H]5O[C@]6(CCC(CO[C@@H]7O[C@H](C(=O)O)[C@@H](O)[C@H](O)[C@H]7O)CO6)[C@@H](C)[C@@]54O)C3)O[C@H](CO)[C@@H](O)[C@@H]2O)O[C@H]1C. The van der Waals surface area contributed by atoms with Gasteiger partial charge in [-0.2, -0.15) is 0 Å². The largest absolute Gasteiger partial charge is 0.479 e. The number of esters is 1. The van der Waals surface area contributed by atoms with Crippen molar-refractivity contribution in [3.63, 3.8) is 0 Å². The molecule has 9 aliphatic rings. The first-order valence-corrected chi connectivity index (χ1v) is 24.5. The van der Waals surface area contributed by atoms with Crippen molar-refractivity contribution in [2.45, 2.75) is 208 Å². The molecule has 21 nitrogen and oxygen atoms in total. The highest BCUT2D eigenvalue weighted by Crippen LogP contribution is 2.72. The minimum Gasteiger partial charge on any atom is -0.479 e. The van der Waals surface area contributed by atoms with E-state index in [1.165, 1.54) is 19.4 Å². The van der Waals surface area contributed by atoms with Crippen molar-refractivity contribution in [1.29, 1.82) is 0 Å². The summed E-state index contributed by atoms with van der Waals surface area (Å²) in [7, 11) is 0. The Hall–Kier alpha value is -2.00. The van der Waals surface area contributed by atoms with E-state index >= 15 is 0 Å². The number of carbonyl (C=O) groups excluding carboxylic acids is 1. The molecule has 9 rings (SSSR count). The van der Waals surface area contributed by atoms with Gasteiger partial charge in [0.25, 0.3) is 0 Å². The lowest BCUT2D eigenvalue weighted by Crippen LogP contribution is -2.64. The fraction of sp³-hybridized carbons (Fsp3) is 0.915. The van der Waals surface area contributed by atoms with Crippen LogP contribution in [0.15, 0.2) is 11.6 Å². The number of aliphatic carboxylic acids is 1. The lowest BCUT2D eigenvalue weighted by Gasteiger charge is -2.60. The molecule has 386 valence electrons. The van der Waals surface area contributed by atoms with Crippen molar-refractivity contribution in [2.75, 3.05) is 19.8 Å². The number of carboxylic acid groups (broad SMARTS) is 1. The number of hydrogen-bond acceptors (Lipinski definition) is 20. The van der Waals surface area contributed by atoms with E-state index in [0.29, 0.717) is 38.0 Å². The van der Waals surface area contributed by atoms with Crippen LogP contribution in [0.3, 0.4) is 0 Å². The van der Waals surface area contributed by atoms with Gasteiger partial charge in [-0.05, 0) is 81.5 Å². The molecule has 5 saturated heterocycles. The molecule has 1 spiro atoms. The van der Waals surface area contributed by atoms with Gasteiger partial charge in [0.15, 0.2) is 36.9 Å². The molecule has 0 aromatic heterocycles. The molecule has 0 amide bonds. The average molecular weight is 973 g/mol. The smallest absolute Gasteiger partial charge is 0.335 e. The van der Waals surface area contributed by atoms with Crippen molar-refractivity contribution in [3.8, 4) is 0 Å². The monoisotopic (exact) mass is 972 g/mol. The third kappa shape index (κ3) is 8.20. The molecule has 1 unspecified atom stereocenters. The zero-order chi connectivity index (χ0) is 49.0. The molecular formula is C47H72O21. The molecule has 0 aromatic rings. The van der Waals surface area contributed by atoms with E-state index in [9.17, 15) is 60.7 Å². The van der Waals surface area contributed by atoms with Crippen LogP contribution >= 0.6 is 0 Å². The van der Waals surface area contributed by atoms with Gasteiger partial charge in [0.2, 0.25) is 0 Å². The molecule has 0 radical (unpaired) electrons. The first-order chi connectivity index (χ1) is 32.1. The zero-order valence-corrected chi connectivity index (χ0v) is 39.2. The second-order valence-electron chi connectivity index (χ2n) is 21.8. The molecule has 5 heterocycles. The molecule has 26 atom stereocenters. The zero-order valence-electron chi connectivity index (χ0n) is 39.2. The van der Waals surface area contributed by atoms with E-state index in [0.717, 1.165) is 25.7 Å². The molecule has 0 aromatic carbocycles. The molecule has 5 aliphatic heterocycles. The number of carboxylic acids is 1. The Bertz CT molecular complexity index is 1880. The van der Waals surface area contributed by atoms with Gasteiger partial charge in [-0.1, -0.05) is 32.4 Å². The first-order valence-electron chi connectivity index (χ1n) is 24.5. The van der Waals surface area contributed by atoms with Gasteiger partial charge < -0.3 is 93.7 Å². The second-order valence-corrected chi connectivity index (χ2v) is 21.8. The molecular weight excluding hydrogens is 900 g/mol. The summed E-state index contributed by atoms with van der Waals surface area (Å²) in [6.07, 6.45) is -14.8. The molecule has 68 heavy (non-hydrogen) atoms. The van der Waals surface area contributed by atoms with Crippen LogP contribution in [-0.4, -0.2) is 199 Å². The maximum Gasteiger partial charge on any atom is 0.335 e. The topological polar surface area (TPSA) is 320 Å². The number of carbonyl (C=O) groups is 2. The summed E-state index contributed by atoms with van der Waals surface area (Å²) in [4.78, 5) is 23.2. The van der Waals surface area contributed by atoms with E-state index in [1.54, 1.807) is 0 Å². The predicted octanol–water partition coefficient (Wildman–Crippen LogP) is -1.04. The van der Waals surface area contributed by atoms with Crippen molar-refractivity contribution in [3.05, 3.63) is 11.6 Å². The molecule has 4 aliphatic carbocycles. The molecule has 10 N–H and O–H groups in total. The average Bonchev–Trinajstić information content (AvgIpc) is 3.65. The van der Waals surface area contributed by atoms with Crippen molar-refractivity contribution < 1.29 is 103 Å². The Kier molecular flexibility index (Phi) is 14.1. The standard InChI is InChI=1S/C47H72O21/c1-19-37(63-21(3)49)34(54)36(56)42(62-19)67-39-32(52)30(50)28(16-48)65-43(39)64-24-9-11-44(4)23(14-24)6-7-25-26(44)10-12-45(5)27(25)15-29-47(45,59)20(2)46(68-29)13-8-22(18-61-46)17-60-41-35(55)31(51)33(53)38(66-41)40(57)58/h6,19-20,22,24-39,41-43,48,50-56,59H,7-18H2,1-5H3,(H,57,58)/t19-,20+,22?,24-,25+,26-,27-,28+,29-,30+,31-,32-,33-,34-,35+,36+,37-,38-,39+,41+,42-,43+,44-,45-,46+,47+/m0/s1. The number of ether oxygens (including phenoxy) is 9. The van der Waals surface area contributed by atoms with Crippen LogP contribution in [0.4, 0.5) is 0 Å². The van der Waals surface area contributed by atoms with Gasteiger partial charge in [0.05, 0.1) is 38.1 Å². The molecule has 8 fully saturated rings. The van der Waals surface area contributed by atoms with E-state index in [2.05, 4.69) is 19.9 Å². The number of aliphatic hydroxyl groups is 9. The number of aliphatic hydroxyl groups excluding tert-OH is 8. The van der Waals surface area contributed by atoms with Gasteiger partial charge in [0.1, 0.15) is 60.5 Å². The Morgan fingerprint density at radius 2 is 1.51 bits per heavy atom. The van der Waals surface area contributed by atoms with Crippen LogP contribution < -0.4 is 0 Å². The maximum absolute atomic E-state index is 13.0. The lowest BCUT2D eigenvalue weighted by atomic mass is 9.46. The van der Waals surface area contributed by atoms with Crippen LogP contribution in [0.2, 0.25) is 0 Å². The minimum atomic E-state index is -1.81. The van der Waals surface area contributed by atoms with Gasteiger partial charge in [0, 0.05) is 30.6 Å². The highest BCUT2D eigenvalue weighted by atomic mass is 16.8. The lowest BCUT2D eigenvalue weighted by molar-refractivity contribution is -0.370. The van der Waals surface area contributed by atoms with E-state index in [4.69, 9.17) is 42.6 Å². The third-order valence-electron chi connectivity index (χ3n) is 18.3. The molecule has 0 bridgehead atoms. The van der Waals surface area contributed by atoms with Crippen molar-refractivity contribution in [1.82, 2.24) is 0 Å². The summed E-state index contributed by atoms with van der Waals surface area (Å²) in [5.41, 5.74) is -0.529. The molecule has 21 heteroatoms. The van der Waals surface area contributed by atoms with E-state index in [1.807, 2.05) is 6.92 Å². The van der Waals surface area contributed by atoms with Crippen LogP contribution in [0.25, 0.3) is 0 Å². The summed E-state index contributed by atoms with van der Waals surface area (Å²) in [5, 5.41) is 107. The summed E-state index contributed by atoms with van der Waals surface area (Å²) >= 11 is 0. The van der Waals surface area contributed by atoms with E-state index in [-0.39, 0.29) is 42.3 Å². The van der Waals surface area contributed by atoms with Crippen molar-refractivity contribution >= 4 is 11.9 Å². The minimum absolute atomic E-state index is 0.0351. The number of allylic oxidation sites excluding steroid dienone is 1. The Balaban J connectivity index is 0.834. The van der Waals surface area contributed by atoms with Crippen LogP contribution in [0.1, 0.15) is 92.4 Å².